The first-order valence-electron chi connectivity index (χ1n) is 12.2. The van der Waals surface area contributed by atoms with Gasteiger partial charge < -0.3 is 15.0 Å². The summed E-state index contributed by atoms with van der Waals surface area (Å²) in [6, 6.07) is 4.02. The highest BCUT2D eigenvalue weighted by atomic mass is 35.5. The third-order valence-corrected chi connectivity index (χ3v) is 7.30. The van der Waals surface area contributed by atoms with Crippen LogP contribution in [0.1, 0.15) is 55.3 Å². The van der Waals surface area contributed by atoms with Crippen LogP contribution in [-0.4, -0.2) is 39.9 Å². The van der Waals surface area contributed by atoms with Gasteiger partial charge >= 0.3 is 6.18 Å². The number of ketones is 1. The zero-order chi connectivity index (χ0) is 28.3. The van der Waals surface area contributed by atoms with E-state index in [-0.39, 0.29) is 69.5 Å². The molecule has 14 heteroatoms. The molecule has 1 saturated carbocycles. The number of carbonyl (C=O) groups excluding carboxylic acids is 1. The number of fused-ring (bicyclic) bond motifs is 1. The minimum atomic E-state index is -4.18. The lowest BCUT2D eigenvalue weighted by atomic mass is 9.79. The number of nitrogens with zero attached hydrogens (tertiary/aromatic N) is 2. The zero-order valence-corrected chi connectivity index (χ0v) is 21.9. The number of pyridine rings is 1. The summed E-state index contributed by atoms with van der Waals surface area (Å²) in [6.45, 7) is -1.000. The Hall–Kier alpha value is -2.73. The summed E-state index contributed by atoms with van der Waals surface area (Å²) in [7, 11) is 0. The summed E-state index contributed by atoms with van der Waals surface area (Å²) in [5.74, 6) is -2.76. The number of nitrogens with one attached hydrogen (secondary N) is 2. The molecule has 0 radical (unpaired) electrons. The molecule has 1 aliphatic carbocycles. The SMILES string of the molecule is O=C(CCCC1CCC(C(F)(F)F)CC1)c1cc2[nH]c(Nc3c(Cl)ccc(Cl)c3F)nc2nc1OCC(F)F. The van der Waals surface area contributed by atoms with Crippen molar-refractivity contribution in [2.75, 3.05) is 11.9 Å². The van der Waals surface area contributed by atoms with Crippen LogP contribution in [0, 0.1) is 17.7 Å². The number of hydrogen-bond acceptors (Lipinski definition) is 5. The molecule has 212 valence electrons. The monoisotopic (exact) mass is 596 g/mol. The van der Waals surface area contributed by atoms with Crippen molar-refractivity contribution < 1.29 is 35.9 Å². The lowest BCUT2D eigenvalue weighted by Crippen LogP contribution is -2.27. The largest absolute Gasteiger partial charge is 0.471 e. The Morgan fingerprint density at radius 3 is 2.49 bits per heavy atom. The van der Waals surface area contributed by atoms with Gasteiger partial charge in [0.15, 0.2) is 23.9 Å². The first kappa shape index (κ1) is 29.3. The predicted molar refractivity (Wildman–Crippen MR) is 135 cm³/mol. The number of rotatable bonds is 10. The van der Waals surface area contributed by atoms with Gasteiger partial charge in [0.2, 0.25) is 11.8 Å². The molecular weight excluding hydrogens is 573 g/mol. The predicted octanol–water partition coefficient (Wildman–Crippen LogP) is 8.51. The number of alkyl halides is 5. The van der Waals surface area contributed by atoms with Crippen LogP contribution in [0.3, 0.4) is 0 Å². The lowest BCUT2D eigenvalue weighted by molar-refractivity contribution is -0.184. The molecular formula is C25H24Cl2F6N4O2. The molecule has 1 fully saturated rings. The van der Waals surface area contributed by atoms with Crippen LogP contribution in [0.15, 0.2) is 18.2 Å². The van der Waals surface area contributed by atoms with Crippen molar-refractivity contribution in [3.8, 4) is 5.88 Å². The molecule has 0 bridgehead atoms. The van der Waals surface area contributed by atoms with Gasteiger partial charge in [-0.3, -0.25) is 4.79 Å². The topological polar surface area (TPSA) is 79.9 Å². The molecule has 1 aliphatic rings. The van der Waals surface area contributed by atoms with E-state index in [0.717, 1.165) is 0 Å². The summed E-state index contributed by atoms with van der Waals surface area (Å²) in [4.78, 5) is 24.1. The summed E-state index contributed by atoms with van der Waals surface area (Å²) in [6.07, 6.45) is -4.95. The number of hydrogen-bond donors (Lipinski definition) is 2. The van der Waals surface area contributed by atoms with Crippen molar-refractivity contribution in [3.63, 3.8) is 0 Å². The summed E-state index contributed by atoms with van der Waals surface area (Å²) in [5, 5.41) is 2.50. The number of imidazole rings is 1. The van der Waals surface area contributed by atoms with Crippen LogP contribution in [0.2, 0.25) is 10.0 Å². The molecule has 0 atom stereocenters. The average molecular weight is 597 g/mol. The van der Waals surface area contributed by atoms with E-state index in [1.807, 2.05) is 0 Å². The highest BCUT2D eigenvalue weighted by Crippen LogP contribution is 2.41. The van der Waals surface area contributed by atoms with Gasteiger partial charge in [-0.05, 0) is 56.2 Å². The number of anilines is 2. The van der Waals surface area contributed by atoms with Crippen molar-refractivity contribution in [2.45, 2.75) is 57.5 Å². The van der Waals surface area contributed by atoms with Crippen LogP contribution < -0.4 is 10.1 Å². The molecule has 3 aromatic rings. The molecule has 0 amide bonds. The molecule has 2 N–H and O–H groups in total. The van der Waals surface area contributed by atoms with E-state index in [1.165, 1.54) is 18.2 Å². The van der Waals surface area contributed by atoms with Gasteiger partial charge in [-0.25, -0.2) is 13.2 Å². The minimum absolute atomic E-state index is 0.000523. The smallest absolute Gasteiger partial charge is 0.391 e. The average Bonchev–Trinajstić information content (AvgIpc) is 3.28. The number of Topliss-reactive ketones (excluding diaryl/α,β-unsaturated/α-hetero) is 1. The molecule has 0 aliphatic heterocycles. The summed E-state index contributed by atoms with van der Waals surface area (Å²) >= 11 is 11.8. The number of ether oxygens (including phenoxy) is 1. The van der Waals surface area contributed by atoms with Crippen LogP contribution in [0.25, 0.3) is 11.2 Å². The van der Waals surface area contributed by atoms with Gasteiger partial charge in [0, 0.05) is 6.42 Å². The second kappa shape index (κ2) is 12.2. The van der Waals surface area contributed by atoms with E-state index < -0.39 is 36.7 Å². The number of H-pyrrole nitrogens is 1. The van der Waals surface area contributed by atoms with Crippen molar-refractivity contribution in [3.05, 3.63) is 39.6 Å². The Bertz CT molecular complexity index is 1330. The van der Waals surface area contributed by atoms with Crippen molar-refractivity contribution in [2.24, 2.45) is 11.8 Å². The minimum Gasteiger partial charge on any atom is -0.471 e. The van der Waals surface area contributed by atoms with E-state index in [4.69, 9.17) is 27.9 Å². The van der Waals surface area contributed by atoms with E-state index in [2.05, 4.69) is 20.3 Å². The molecule has 0 saturated heterocycles. The number of halogens is 8. The third kappa shape index (κ3) is 7.27. The third-order valence-electron chi connectivity index (χ3n) is 6.70. The first-order valence-corrected chi connectivity index (χ1v) is 13.0. The quantitative estimate of drug-likeness (QED) is 0.139. The zero-order valence-electron chi connectivity index (χ0n) is 20.4. The van der Waals surface area contributed by atoms with Gasteiger partial charge in [-0.15, -0.1) is 0 Å². The van der Waals surface area contributed by atoms with Crippen molar-refractivity contribution in [1.82, 2.24) is 15.0 Å². The Balaban J connectivity index is 1.48. The lowest BCUT2D eigenvalue weighted by Gasteiger charge is -2.29. The van der Waals surface area contributed by atoms with E-state index in [1.54, 1.807) is 0 Å². The van der Waals surface area contributed by atoms with E-state index >= 15 is 0 Å². The fourth-order valence-corrected chi connectivity index (χ4v) is 5.01. The molecule has 0 spiro atoms. The highest BCUT2D eigenvalue weighted by Gasteiger charge is 2.41. The molecule has 4 rings (SSSR count). The van der Waals surface area contributed by atoms with Crippen LogP contribution >= 0.6 is 23.2 Å². The molecule has 2 heterocycles. The Kier molecular flexibility index (Phi) is 9.15. The fourth-order valence-electron chi connectivity index (χ4n) is 4.66. The van der Waals surface area contributed by atoms with Gasteiger partial charge in [-0.1, -0.05) is 29.6 Å². The number of aromatic nitrogens is 3. The molecule has 1 aromatic carbocycles. The van der Waals surface area contributed by atoms with Gasteiger partial charge in [0.1, 0.15) is 0 Å². The highest BCUT2D eigenvalue weighted by molar-refractivity contribution is 6.35. The maximum absolute atomic E-state index is 14.4. The van der Waals surface area contributed by atoms with Crippen molar-refractivity contribution in [1.29, 1.82) is 0 Å². The number of aromatic amines is 1. The second-order valence-corrected chi connectivity index (χ2v) is 10.2. The second-order valence-electron chi connectivity index (χ2n) is 9.42. The first-order chi connectivity index (χ1) is 18.4. The van der Waals surface area contributed by atoms with Gasteiger partial charge in [0.25, 0.3) is 6.43 Å². The van der Waals surface area contributed by atoms with Crippen molar-refractivity contribution >= 4 is 51.8 Å². The van der Waals surface area contributed by atoms with Gasteiger partial charge in [-0.2, -0.15) is 23.1 Å². The van der Waals surface area contributed by atoms with E-state index in [0.29, 0.717) is 25.7 Å². The molecule has 0 unspecified atom stereocenters. The number of benzene rings is 1. The molecule has 39 heavy (non-hydrogen) atoms. The van der Waals surface area contributed by atoms with Crippen LogP contribution in [0.4, 0.5) is 38.0 Å². The normalized spacial score (nSPS) is 18.1. The molecule has 6 nitrogen and oxygen atoms in total. The van der Waals surface area contributed by atoms with Crippen LogP contribution in [0.5, 0.6) is 5.88 Å². The maximum atomic E-state index is 14.4. The summed E-state index contributed by atoms with van der Waals surface area (Å²) in [5.41, 5.74) is 0.0524. The molecule has 2 aromatic heterocycles. The maximum Gasteiger partial charge on any atom is 0.391 e. The Morgan fingerprint density at radius 2 is 1.82 bits per heavy atom. The fraction of sp³-hybridized carbons (Fsp3) is 0.480. The van der Waals surface area contributed by atoms with E-state index in [9.17, 15) is 31.1 Å². The Labute approximate surface area is 229 Å². The summed E-state index contributed by atoms with van der Waals surface area (Å²) < 4.78 is 83.8. The number of carbonyl (C=O) groups is 1. The Morgan fingerprint density at radius 1 is 1.13 bits per heavy atom. The van der Waals surface area contributed by atoms with Gasteiger partial charge in [0.05, 0.1) is 32.7 Å². The van der Waals surface area contributed by atoms with Crippen LogP contribution in [-0.2, 0) is 0 Å². The standard InChI is InChI=1S/C25H24Cl2F6N4O2/c26-15-8-9-16(27)21(20(15)30)35-24-34-17-10-14(23(36-22(17)37-24)39-11-19(28)29)18(38)3-1-2-12-4-6-13(7-5-12)25(31,32)33/h8-10,12-13,19H,1-7,11H2,(H2,34,35,36,37).